The van der Waals surface area contributed by atoms with Gasteiger partial charge in [0.25, 0.3) is 0 Å². The molecule has 1 saturated heterocycles. The Kier molecular flexibility index (Phi) is 2.11. The molecule has 52 valence electrons. The molecule has 1 aliphatic rings. The molecular formula is C7H14N2. The Bertz CT molecular complexity index is 103. The summed E-state index contributed by atoms with van der Waals surface area (Å²) in [4.78, 5) is 0. The lowest BCUT2D eigenvalue weighted by molar-refractivity contribution is 0.575. The Labute approximate surface area is 56.1 Å². The van der Waals surface area contributed by atoms with Gasteiger partial charge in [0.2, 0.25) is 0 Å². The fourth-order valence-corrected chi connectivity index (χ4v) is 1.26. The lowest BCUT2D eigenvalue weighted by Gasteiger charge is -2.05. The number of allylic oxidation sites excluding steroid dienone is 1. The Morgan fingerprint density at radius 2 is 2.56 bits per heavy atom. The highest BCUT2D eigenvalue weighted by Crippen LogP contribution is 2.13. The average Bonchev–Trinajstić information content (AvgIpc) is 2.15. The number of nitrogens with one attached hydrogen (secondary N) is 1. The maximum Gasteiger partial charge on any atom is 0.00107 e. The van der Waals surface area contributed by atoms with Gasteiger partial charge in [-0.1, -0.05) is 6.58 Å². The third-order valence-corrected chi connectivity index (χ3v) is 1.71. The highest BCUT2D eigenvalue weighted by Gasteiger charge is 2.13. The fraction of sp³-hybridized carbons (Fsp3) is 0.714. The summed E-state index contributed by atoms with van der Waals surface area (Å²) < 4.78 is 0. The number of hydrogen-bond donors (Lipinski definition) is 2. The van der Waals surface area contributed by atoms with Gasteiger partial charge in [0.1, 0.15) is 0 Å². The molecule has 0 spiro atoms. The summed E-state index contributed by atoms with van der Waals surface area (Å²) in [5.41, 5.74) is 6.27. The maximum atomic E-state index is 5.45. The molecule has 0 unspecified atom stereocenters. The van der Waals surface area contributed by atoms with Crippen molar-refractivity contribution < 1.29 is 0 Å². The van der Waals surface area contributed by atoms with Gasteiger partial charge < -0.3 is 11.1 Å². The van der Waals surface area contributed by atoms with E-state index in [2.05, 4.69) is 11.9 Å². The van der Waals surface area contributed by atoms with Gasteiger partial charge in [-0.05, 0) is 31.8 Å². The molecule has 1 aliphatic heterocycles. The Morgan fingerprint density at radius 1 is 1.78 bits per heavy atom. The van der Waals surface area contributed by atoms with Crippen LogP contribution in [0.2, 0.25) is 0 Å². The predicted octanol–water partition coefficient (Wildman–Crippen LogP) is 0.458. The van der Waals surface area contributed by atoms with Crippen LogP contribution in [0.25, 0.3) is 0 Å². The summed E-state index contributed by atoms with van der Waals surface area (Å²) in [6.45, 7) is 5.94. The van der Waals surface area contributed by atoms with Gasteiger partial charge in [0.05, 0.1) is 0 Å². The molecule has 0 amide bonds. The van der Waals surface area contributed by atoms with E-state index in [1.54, 1.807) is 0 Å². The van der Waals surface area contributed by atoms with E-state index in [1.807, 2.05) is 0 Å². The molecule has 1 atom stereocenters. The highest BCUT2D eigenvalue weighted by atomic mass is 14.9. The minimum atomic E-state index is 0.752. The second kappa shape index (κ2) is 2.87. The van der Waals surface area contributed by atoms with Gasteiger partial charge in [0, 0.05) is 5.70 Å². The van der Waals surface area contributed by atoms with Crippen LogP contribution in [0, 0.1) is 5.92 Å². The van der Waals surface area contributed by atoms with Gasteiger partial charge >= 0.3 is 0 Å². The first-order chi connectivity index (χ1) is 4.29. The van der Waals surface area contributed by atoms with E-state index in [1.165, 1.54) is 6.42 Å². The molecule has 0 saturated carbocycles. The topological polar surface area (TPSA) is 38.0 Å². The summed E-state index contributed by atoms with van der Waals surface area (Å²) in [6.07, 6.45) is 2.25. The number of nitrogens with two attached hydrogens (primary N) is 1. The minimum Gasteiger partial charge on any atom is -0.403 e. The van der Waals surface area contributed by atoms with Crippen molar-refractivity contribution in [1.82, 2.24) is 5.32 Å². The third kappa shape index (κ3) is 2.06. The number of hydrogen-bond acceptors (Lipinski definition) is 2. The van der Waals surface area contributed by atoms with Gasteiger partial charge in [-0.3, -0.25) is 0 Å². The van der Waals surface area contributed by atoms with E-state index in [0.717, 1.165) is 31.1 Å². The monoisotopic (exact) mass is 126 g/mol. The first kappa shape index (κ1) is 6.62. The van der Waals surface area contributed by atoms with Crippen LogP contribution in [-0.4, -0.2) is 13.1 Å². The van der Waals surface area contributed by atoms with Crippen molar-refractivity contribution in [2.24, 2.45) is 11.7 Å². The second-order valence-electron chi connectivity index (χ2n) is 2.72. The van der Waals surface area contributed by atoms with E-state index in [9.17, 15) is 0 Å². The van der Waals surface area contributed by atoms with E-state index in [4.69, 9.17) is 5.73 Å². The van der Waals surface area contributed by atoms with E-state index >= 15 is 0 Å². The molecule has 9 heavy (non-hydrogen) atoms. The van der Waals surface area contributed by atoms with Crippen LogP contribution in [-0.2, 0) is 0 Å². The SMILES string of the molecule is C=C(N)C[C@@H]1CCNC1. The smallest absolute Gasteiger partial charge is 0.00107 e. The minimum absolute atomic E-state index is 0.752. The van der Waals surface area contributed by atoms with Gasteiger partial charge in [-0.2, -0.15) is 0 Å². The predicted molar refractivity (Wildman–Crippen MR) is 38.9 cm³/mol. The lowest BCUT2D eigenvalue weighted by Crippen LogP contribution is -2.11. The molecule has 3 N–H and O–H groups in total. The highest BCUT2D eigenvalue weighted by molar-refractivity contribution is 4.90. The molecule has 0 radical (unpaired) electrons. The summed E-state index contributed by atoms with van der Waals surface area (Å²) in [7, 11) is 0. The maximum absolute atomic E-state index is 5.45. The van der Waals surface area contributed by atoms with Crippen molar-refractivity contribution in [2.45, 2.75) is 12.8 Å². The molecule has 0 aromatic heterocycles. The summed E-state index contributed by atoms with van der Waals surface area (Å²) >= 11 is 0. The van der Waals surface area contributed by atoms with Crippen molar-refractivity contribution in [3.8, 4) is 0 Å². The first-order valence-electron chi connectivity index (χ1n) is 3.43. The van der Waals surface area contributed by atoms with Gasteiger partial charge in [-0.15, -0.1) is 0 Å². The number of rotatable bonds is 2. The van der Waals surface area contributed by atoms with Crippen molar-refractivity contribution in [1.29, 1.82) is 0 Å². The van der Waals surface area contributed by atoms with E-state index < -0.39 is 0 Å². The van der Waals surface area contributed by atoms with Crippen LogP contribution < -0.4 is 11.1 Å². The fourth-order valence-electron chi connectivity index (χ4n) is 1.26. The van der Waals surface area contributed by atoms with Gasteiger partial charge in [0.15, 0.2) is 0 Å². The molecule has 1 rings (SSSR count). The van der Waals surface area contributed by atoms with Crippen molar-refractivity contribution >= 4 is 0 Å². The zero-order valence-corrected chi connectivity index (χ0v) is 5.69. The van der Waals surface area contributed by atoms with E-state index in [0.29, 0.717) is 0 Å². The second-order valence-corrected chi connectivity index (χ2v) is 2.72. The molecule has 1 fully saturated rings. The zero-order chi connectivity index (χ0) is 6.69. The van der Waals surface area contributed by atoms with Crippen molar-refractivity contribution in [3.05, 3.63) is 12.3 Å². The molecule has 2 nitrogen and oxygen atoms in total. The quantitative estimate of drug-likeness (QED) is 0.564. The standard InChI is InChI=1S/C7H14N2/c1-6(8)4-7-2-3-9-5-7/h7,9H,1-5,8H2/t7-/m0/s1. The molecule has 0 aromatic carbocycles. The van der Waals surface area contributed by atoms with Gasteiger partial charge in [-0.25, -0.2) is 0 Å². The van der Waals surface area contributed by atoms with Crippen molar-refractivity contribution in [3.63, 3.8) is 0 Å². The molecule has 1 heterocycles. The van der Waals surface area contributed by atoms with Crippen LogP contribution in [0.15, 0.2) is 12.3 Å². The molecule has 0 aromatic rings. The summed E-state index contributed by atoms with van der Waals surface area (Å²) in [5.74, 6) is 0.752. The zero-order valence-electron chi connectivity index (χ0n) is 5.69. The molecule has 0 bridgehead atoms. The summed E-state index contributed by atoms with van der Waals surface area (Å²) in [6, 6.07) is 0. The van der Waals surface area contributed by atoms with Crippen molar-refractivity contribution in [2.75, 3.05) is 13.1 Å². The van der Waals surface area contributed by atoms with Crippen LogP contribution in [0.4, 0.5) is 0 Å². The van der Waals surface area contributed by atoms with Crippen LogP contribution in [0.1, 0.15) is 12.8 Å². The molecule has 0 aliphatic carbocycles. The van der Waals surface area contributed by atoms with Crippen LogP contribution >= 0.6 is 0 Å². The molecule has 2 heteroatoms. The summed E-state index contributed by atoms with van der Waals surface area (Å²) in [5, 5.41) is 3.28. The first-order valence-corrected chi connectivity index (χ1v) is 3.43. The lowest BCUT2D eigenvalue weighted by atomic mass is 10.0. The van der Waals surface area contributed by atoms with E-state index in [-0.39, 0.29) is 0 Å². The van der Waals surface area contributed by atoms with Crippen LogP contribution in [0.3, 0.4) is 0 Å². The largest absolute Gasteiger partial charge is 0.403 e. The normalized spacial score (nSPS) is 26.4. The Hall–Kier alpha value is -0.500. The Morgan fingerprint density at radius 3 is 3.00 bits per heavy atom. The molecular weight excluding hydrogens is 112 g/mol. The average molecular weight is 126 g/mol. The Balaban J connectivity index is 2.19. The van der Waals surface area contributed by atoms with Crippen LogP contribution in [0.5, 0.6) is 0 Å². The third-order valence-electron chi connectivity index (χ3n) is 1.71.